The number of fused-ring (bicyclic) bond motifs is 6. The Bertz CT molecular complexity index is 1630. The highest BCUT2D eigenvalue weighted by molar-refractivity contribution is 9.10. The number of hydrogen-bond acceptors (Lipinski definition) is 6. The Kier molecular flexibility index (Phi) is 4.79. The molecular formula is C26H19BrN2O4S. The van der Waals surface area contributed by atoms with Crippen LogP contribution >= 0.6 is 27.3 Å². The van der Waals surface area contributed by atoms with Gasteiger partial charge in [0.2, 0.25) is 5.72 Å². The number of nitrogens with zero attached hydrogens (tertiary/aromatic N) is 2. The first-order valence-corrected chi connectivity index (χ1v) is 12.4. The number of para-hydroxylation sites is 1. The Morgan fingerprint density at radius 3 is 2.68 bits per heavy atom. The number of halogens is 1. The third kappa shape index (κ3) is 3.24. The average molecular weight is 535 g/mol. The maximum atomic E-state index is 13.6. The van der Waals surface area contributed by atoms with Crippen molar-refractivity contribution in [2.75, 3.05) is 0 Å². The summed E-state index contributed by atoms with van der Waals surface area (Å²) >= 11 is 4.72. The van der Waals surface area contributed by atoms with E-state index in [4.69, 9.17) is 14.1 Å². The molecule has 34 heavy (non-hydrogen) atoms. The Hall–Kier alpha value is -3.23. The van der Waals surface area contributed by atoms with E-state index in [2.05, 4.69) is 15.9 Å². The molecule has 170 valence electrons. The molecule has 8 heteroatoms. The lowest BCUT2D eigenvalue weighted by molar-refractivity contribution is -0.132. The van der Waals surface area contributed by atoms with Crippen LogP contribution in [-0.4, -0.2) is 16.1 Å². The number of furan rings is 1. The number of ether oxygens (including phenoxy) is 1. The Morgan fingerprint density at radius 2 is 1.91 bits per heavy atom. The van der Waals surface area contributed by atoms with Gasteiger partial charge in [-0.15, -0.1) is 0 Å². The van der Waals surface area contributed by atoms with Crippen molar-refractivity contribution in [1.29, 1.82) is 0 Å². The van der Waals surface area contributed by atoms with Gasteiger partial charge in [0.05, 0.1) is 10.6 Å². The van der Waals surface area contributed by atoms with Gasteiger partial charge in [0.25, 0.3) is 5.56 Å². The van der Waals surface area contributed by atoms with E-state index in [0.717, 1.165) is 15.6 Å². The number of Topliss-reactive ketones (excluding diaryl/α,β-unsaturated/α-hetero) is 1. The maximum Gasteiger partial charge on any atom is 0.271 e. The van der Waals surface area contributed by atoms with Gasteiger partial charge in [0.15, 0.2) is 4.80 Å². The minimum absolute atomic E-state index is 0.0646. The molecule has 6 nitrogen and oxygen atoms in total. The summed E-state index contributed by atoms with van der Waals surface area (Å²) in [7, 11) is 0. The summed E-state index contributed by atoms with van der Waals surface area (Å²) in [4.78, 5) is 31.6. The quantitative estimate of drug-likeness (QED) is 0.392. The molecule has 0 unspecified atom stereocenters. The van der Waals surface area contributed by atoms with Crippen LogP contribution < -0.4 is 19.6 Å². The number of carbonyl (C=O) groups excluding carboxylic acids is 1. The molecule has 0 aliphatic carbocycles. The number of aromatic nitrogens is 1. The minimum atomic E-state index is -1.07. The normalized spacial score (nSPS) is 23.0. The van der Waals surface area contributed by atoms with Gasteiger partial charge in [-0.1, -0.05) is 57.6 Å². The van der Waals surface area contributed by atoms with Gasteiger partial charge in [-0.25, -0.2) is 4.99 Å². The van der Waals surface area contributed by atoms with Crippen LogP contribution in [0.1, 0.15) is 31.2 Å². The molecule has 2 aliphatic rings. The summed E-state index contributed by atoms with van der Waals surface area (Å²) in [5.74, 6) is 1.28. The van der Waals surface area contributed by atoms with Crippen LogP contribution in [0.25, 0.3) is 17.4 Å². The molecule has 0 saturated carbocycles. The van der Waals surface area contributed by atoms with E-state index in [1.165, 1.54) is 18.3 Å². The summed E-state index contributed by atoms with van der Waals surface area (Å²) in [5, 5.41) is 0. The summed E-state index contributed by atoms with van der Waals surface area (Å²) in [6.07, 6.45) is 1.73. The van der Waals surface area contributed by atoms with Crippen LogP contribution in [-0.2, 0) is 4.79 Å². The fourth-order valence-corrected chi connectivity index (χ4v) is 6.23. The van der Waals surface area contributed by atoms with Crippen LogP contribution in [0.3, 0.4) is 0 Å². The number of hydrogen-bond donors (Lipinski definition) is 0. The van der Waals surface area contributed by atoms with E-state index in [1.54, 1.807) is 10.6 Å². The smallest absolute Gasteiger partial charge is 0.271 e. The summed E-state index contributed by atoms with van der Waals surface area (Å²) in [6.45, 7) is 3.35. The van der Waals surface area contributed by atoms with E-state index in [0.29, 0.717) is 26.6 Å². The van der Waals surface area contributed by atoms with Crippen LogP contribution in [0.2, 0.25) is 0 Å². The largest absolute Gasteiger partial charge is 0.465 e. The van der Waals surface area contributed by atoms with E-state index in [-0.39, 0.29) is 11.3 Å². The van der Waals surface area contributed by atoms with Crippen LogP contribution in [0.4, 0.5) is 0 Å². The molecule has 3 atom stereocenters. The van der Waals surface area contributed by atoms with Crippen molar-refractivity contribution in [3.05, 3.63) is 96.1 Å². The fraction of sp³-hybridized carbons (Fsp3) is 0.192. The molecule has 0 amide bonds. The van der Waals surface area contributed by atoms with Gasteiger partial charge in [0.1, 0.15) is 29.0 Å². The molecule has 4 aromatic rings. The van der Waals surface area contributed by atoms with Gasteiger partial charge in [-0.05, 0) is 44.2 Å². The zero-order valence-corrected chi connectivity index (χ0v) is 20.7. The second-order valence-electron chi connectivity index (χ2n) is 8.62. The number of ketones is 1. The second kappa shape index (κ2) is 7.65. The SMILES string of the molecule is CC(=O)[C@@H]1[C@H]2c3ccccc3O[C@@]1(C)N=c1sc(=Cc3ccc(-c4ccc(Br)cc4)o3)c(=O)n12. The Balaban J connectivity index is 1.51. The summed E-state index contributed by atoms with van der Waals surface area (Å²) in [6, 6.07) is 18.6. The van der Waals surface area contributed by atoms with Crippen LogP contribution in [0.15, 0.2) is 79.3 Å². The monoisotopic (exact) mass is 534 g/mol. The van der Waals surface area contributed by atoms with Gasteiger partial charge < -0.3 is 9.15 Å². The van der Waals surface area contributed by atoms with Crippen molar-refractivity contribution >= 4 is 39.1 Å². The number of benzene rings is 2. The van der Waals surface area contributed by atoms with Gasteiger partial charge in [0, 0.05) is 21.7 Å². The van der Waals surface area contributed by atoms with Gasteiger partial charge >= 0.3 is 0 Å². The van der Waals surface area contributed by atoms with Crippen molar-refractivity contribution in [1.82, 2.24) is 4.57 Å². The Labute approximate surface area is 207 Å². The van der Waals surface area contributed by atoms with Crippen molar-refractivity contribution < 1.29 is 13.9 Å². The first kappa shape index (κ1) is 21.3. The third-order valence-corrected chi connectivity index (χ3v) is 7.86. The standard InChI is InChI=1S/C26H19BrN2O4S/c1-14(30)22-23-18-5-3-4-6-20(18)33-26(22,2)28-25-29(23)24(31)21(34-25)13-17-11-12-19(32-17)15-7-9-16(27)10-8-15/h3-13,22-23H,1-2H3/t22-,23-,26-/m1/s1. The average Bonchev–Trinajstić information content (AvgIpc) is 3.37. The molecule has 0 N–H and O–H groups in total. The highest BCUT2D eigenvalue weighted by Crippen LogP contribution is 2.47. The van der Waals surface area contributed by atoms with Crippen molar-refractivity contribution in [3.63, 3.8) is 0 Å². The lowest BCUT2D eigenvalue weighted by Crippen LogP contribution is -2.58. The predicted octanol–water partition coefficient (Wildman–Crippen LogP) is 4.30. The number of rotatable bonds is 3. The van der Waals surface area contributed by atoms with E-state index >= 15 is 0 Å². The zero-order chi connectivity index (χ0) is 23.6. The lowest BCUT2D eigenvalue weighted by atomic mass is 9.79. The van der Waals surface area contributed by atoms with Crippen LogP contribution in [0.5, 0.6) is 5.75 Å². The summed E-state index contributed by atoms with van der Waals surface area (Å²) < 4.78 is 15.3. The van der Waals surface area contributed by atoms with Crippen molar-refractivity contribution in [2.45, 2.75) is 25.6 Å². The fourth-order valence-electron chi connectivity index (χ4n) is 4.89. The molecule has 2 aromatic heterocycles. The molecule has 4 heterocycles. The molecule has 2 aromatic carbocycles. The van der Waals surface area contributed by atoms with E-state index in [1.807, 2.05) is 67.6 Å². The zero-order valence-electron chi connectivity index (χ0n) is 18.3. The Morgan fingerprint density at radius 1 is 1.15 bits per heavy atom. The van der Waals surface area contributed by atoms with E-state index in [9.17, 15) is 9.59 Å². The summed E-state index contributed by atoms with van der Waals surface area (Å²) in [5.41, 5.74) is 0.497. The highest BCUT2D eigenvalue weighted by Gasteiger charge is 2.53. The highest BCUT2D eigenvalue weighted by atomic mass is 79.9. The second-order valence-corrected chi connectivity index (χ2v) is 10.5. The molecule has 0 saturated heterocycles. The van der Waals surface area contributed by atoms with Gasteiger partial charge in [-0.3, -0.25) is 14.2 Å². The molecule has 2 aliphatic heterocycles. The molecule has 2 bridgehead atoms. The minimum Gasteiger partial charge on any atom is -0.465 e. The first-order valence-electron chi connectivity index (χ1n) is 10.8. The number of thiazole rings is 1. The van der Waals surface area contributed by atoms with Crippen molar-refractivity contribution in [2.24, 2.45) is 10.9 Å². The molecular weight excluding hydrogens is 516 g/mol. The molecule has 0 fully saturated rings. The molecule has 0 radical (unpaired) electrons. The van der Waals surface area contributed by atoms with Crippen LogP contribution in [0, 0.1) is 5.92 Å². The molecule has 0 spiro atoms. The van der Waals surface area contributed by atoms with Crippen molar-refractivity contribution in [3.8, 4) is 17.1 Å². The first-order chi connectivity index (χ1) is 16.3. The van der Waals surface area contributed by atoms with Gasteiger partial charge in [-0.2, -0.15) is 0 Å². The lowest BCUT2D eigenvalue weighted by Gasteiger charge is -2.45. The van der Waals surface area contributed by atoms with E-state index < -0.39 is 17.7 Å². The topological polar surface area (TPSA) is 73.8 Å². The maximum absolute atomic E-state index is 13.6. The molecule has 6 rings (SSSR count). The predicted molar refractivity (Wildman–Crippen MR) is 133 cm³/mol. The number of carbonyl (C=O) groups is 1. The third-order valence-electron chi connectivity index (χ3n) is 6.35.